The molecule has 0 unspecified atom stereocenters. The van der Waals surface area contributed by atoms with Crippen LogP contribution in [0.25, 0.3) is 0 Å². The molecule has 1 aliphatic rings. The summed E-state index contributed by atoms with van der Waals surface area (Å²) in [5.41, 5.74) is -0.531. The molecule has 0 bridgehead atoms. The van der Waals surface area contributed by atoms with Crippen molar-refractivity contribution in [3.63, 3.8) is 0 Å². The van der Waals surface area contributed by atoms with Crippen LogP contribution in [-0.4, -0.2) is 33.7 Å². The minimum atomic E-state index is -0.545. The Morgan fingerprint density at radius 2 is 2.09 bits per heavy atom. The van der Waals surface area contributed by atoms with Gasteiger partial charge in [-0.05, 0) is 58.1 Å². The maximum atomic E-state index is 13.7. The SMILES string of the molecule is CC(C)(C)OC(=O)N[C@H]1CCC[C@@H](Nc2nc(Cl)ncc2F)C1. The van der Waals surface area contributed by atoms with Gasteiger partial charge in [-0.1, -0.05) is 0 Å². The van der Waals surface area contributed by atoms with Crippen LogP contribution in [0.1, 0.15) is 46.5 Å². The molecule has 0 radical (unpaired) electrons. The number of hydrogen-bond acceptors (Lipinski definition) is 5. The minimum Gasteiger partial charge on any atom is -0.444 e. The topological polar surface area (TPSA) is 76.1 Å². The van der Waals surface area contributed by atoms with Crippen LogP contribution >= 0.6 is 11.6 Å². The second-order valence-electron chi connectivity index (χ2n) is 6.69. The lowest BCUT2D eigenvalue weighted by molar-refractivity contribution is 0.0492. The number of hydrogen-bond donors (Lipinski definition) is 2. The van der Waals surface area contributed by atoms with Crippen molar-refractivity contribution in [2.75, 3.05) is 5.32 Å². The van der Waals surface area contributed by atoms with Crippen molar-refractivity contribution < 1.29 is 13.9 Å². The molecule has 1 aromatic heterocycles. The van der Waals surface area contributed by atoms with Crippen LogP contribution < -0.4 is 10.6 Å². The zero-order chi connectivity index (χ0) is 17.0. The lowest BCUT2D eigenvalue weighted by Crippen LogP contribution is -2.44. The number of rotatable bonds is 3. The van der Waals surface area contributed by atoms with Gasteiger partial charge >= 0.3 is 6.09 Å². The van der Waals surface area contributed by atoms with Crippen molar-refractivity contribution in [3.05, 3.63) is 17.3 Å². The summed E-state index contributed by atoms with van der Waals surface area (Å²) in [6.07, 6.45) is 3.92. The van der Waals surface area contributed by atoms with Gasteiger partial charge in [0.15, 0.2) is 11.6 Å². The van der Waals surface area contributed by atoms with E-state index < -0.39 is 17.5 Å². The van der Waals surface area contributed by atoms with Gasteiger partial charge in [-0.25, -0.2) is 14.2 Å². The minimum absolute atomic E-state index is 0.00385. The summed E-state index contributed by atoms with van der Waals surface area (Å²) in [7, 11) is 0. The first-order valence-electron chi connectivity index (χ1n) is 7.67. The maximum Gasteiger partial charge on any atom is 0.407 e. The van der Waals surface area contributed by atoms with Crippen LogP contribution in [0.15, 0.2) is 6.20 Å². The van der Waals surface area contributed by atoms with E-state index in [9.17, 15) is 9.18 Å². The molecule has 2 rings (SSSR count). The lowest BCUT2D eigenvalue weighted by atomic mass is 9.91. The Balaban J connectivity index is 1.90. The van der Waals surface area contributed by atoms with E-state index in [4.69, 9.17) is 16.3 Å². The molecule has 8 heteroatoms. The summed E-state index contributed by atoms with van der Waals surface area (Å²) >= 11 is 5.69. The Labute approximate surface area is 140 Å². The molecule has 2 atom stereocenters. The van der Waals surface area contributed by atoms with E-state index in [1.807, 2.05) is 20.8 Å². The summed E-state index contributed by atoms with van der Waals surface area (Å²) in [4.78, 5) is 19.3. The maximum absolute atomic E-state index is 13.7. The van der Waals surface area contributed by atoms with Gasteiger partial charge < -0.3 is 15.4 Å². The molecule has 0 saturated heterocycles. The van der Waals surface area contributed by atoms with Crippen molar-refractivity contribution in [1.82, 2.24) is 15.3 Å². The number of nitrogens with zero attached hydrogens (tertiary/aromatic N) is 2. The number of amides is 1. The molecule has 1 saturated carbocycles. The van der Waals surface area contributed by atoms with Gasteiger partial charge in [-0.3, -0.25) is 0 Å². The molecule has 0 aliphatic heterocycles. The van der Waals surface area contributed by atoms with Crippen LogP contribution in [0.5, 0.6) is 0 Å². The smallest absolute Gasteiger partial charge is 0.407 e. The molecule has 1 heterocycles. The van der Waals surface area contributed by atoms with Crippen molar-refractivity contribution in [1.29, 1.82) is 0 Å². The second kappa shape index (κ2) is 7.29. The van der Waals surface area contributed by atoms with Crippen molar-refractivity contribution >= 4 is 23.5 Å². The van der Waals surface area contributed by atoms with E-state index in [1.165, 1.54) is 0 Å². The van der Waals surface area contributed by atoms with Gasteiger partial charge in [0.05, 0.1) is 6.20 Å². The van der Waals surface area contributed by atoms with E-state index in [1.54, 1.807) is 0 Å². The Hall–Kier alpha value is -1.63. The van der Waals surface area contributed by atoms with Crippen LogP contribution in [0.3, 0.4) is 0 Å². The summed E-state index contributed by atoms with van der Waals surface area (Å²) in [6, 6.07) is -0.0133. The fraction of sp³-hybridized carbons (Fsp3) is 0.667. The van der Waals surface area contributed by atoms with Crippen molar-refractivity contribution in [3.8, 4) is 0 Å². The fourth-order valence-corrected chi connectivity index (χ4v) is 2.70. The number of alkyl carbamates (subject to hydrolysis) is 1. The van der Waals surface area contributed by atoms with Gasteiger partial charge in [0.25, 0.3) is 0 Å². The van der Waals surface area contributed by atoms with E-state index in [-0.39, 0.29) is 23.2 Å². The Bertz CT molecular complexity index is 565. The third-order valence-corrected chi connectivity index (χ3v) is 3.63. The standard InChI is InChI=1S/C15H22ClFN4O2/c1-15(2,3)23-14(22)20-10-6-4-5-9(7-10)19-12-11(17)8-18-13(16)21-12/h8-10H,4-7H2,1-3H3,(H,20,22)(H,18,19,21)/t9-,10+/m1/s1. The van der Waals surface area contributed by atoms with Crippen LogP contribution in [0.4, 0.5) is 15.0 Å². The molecule has 1 aliphatic carbocycles. The first-order chi connectivity index (χ1) is 10.7. The average Bonchev–Trinajstić information content (AvgIpc) is 2.41. The molecule has 0 aromatic carbocycles. The van der Waals surface area contributed by atoms with Crippen molar-refractivity contribution in [2.45, 2.75) is 64.1 Å². The molecule has 1 aromatic rings. The van der Waals surface area contributed by atoms with Gasteiger partial charge in [0, 0.05) is 12.1 Å². The Morgan fingerprint density at radius 3 is 2.78 bits per heavy atom. The second-order valence-corrected chi connectivity index (χ2v) is 7.02. The molecule has 1 amide bonds. The van der Waals surface area contributed by atoms with Gasteiger partial charge in [0.2, 0.25) is 5.28 Å². The number of anilines is 1. The monoisotopic (exact) mass is 344 g/mol. The first-order valence-corrected chi connectivity index (χ1v) is 8.05. The van der Waals surface area contributed by atoms with Crippen LogP contribution in [0, 0.1) is 5.82 Å². The average molecular weight is 345 g/mol. The Kier molecular flexibility index (Phi) is 5.62. The molecule has 128 valence electrons. The molecule has 0 spiro atoms. The molecule has 6 nitrogen and oxygen atoms in total. The Morgan fingerprint density at radius 1 is 1.39 bits per heavy atom. The molecular weight excluding hydrogens is 323 g/mol. The van der Waals surface area contributed by atoms with E-state index in [0.29, 0.717) is 6.42 Å². The largest absolute Gasteiger partial charge is 0.444 e. The molecule has 2 N–H and O–H groups in total. The highest BCUT2D eigenvalue weighted by molar-refractivity contribution is 6.28. The van der Waals surface area contributed by atoms with Crippen LogP contribution in [-0.2, 0) is 4.74 Å². The van der Waals surface area contributed by atoms with E-state index >= 15 is 0 Å². The first kappa shape index (κ1) is 17.7. The fourth-order valence-electron chi connectivity index (χ4n) is 2.57. The molecular formula is C15H22ClFN4O2. The predicted molar refractivity (Wildman–Crippen MR) is 86.0 cm³/mol. The van der Waals surface area contributed by atoms with Gasteiger partial charge in [-0.15, -0.1) is 0 Å². The zero-order valence-corrected chi connectivity index (χ0v) is 14.3. The number of carbonyl (C=O) groups is 1. The highest BCUT2D eigenvalue weighted by atomic mass is 35.5. The molecule has 1 fully saturated rings. The van der Waals surface area contributed by atoms with Gasteiger partial charge in [0.1, 0.15) is 5.60 Å². The zero-order valence-electron chi connectivity index (χ0n) is 13.5. The third-order valence-electron chi connectivity index (χ3n) is 3.45. The summed E-state index contributed by atoms with van der Waals surface area (Å²) < 4.78 is 18.9. The quantitative estimate of drug-likeness (QED) is 0.820. The lowest BCUT2D eigenvalue weighted by Gasteiger charge is -2.31. The number of halogens is 2. The van der Waals surface area contributed by atoms with E-state index in [2.05, 4.69) is 20.6 Å². The number of nitrogens with one attached hydrogen (secondary N) is 2. The number of ether oxygens (including phenoxy) is 1. The number of carbonyl (C=O) groups excluding carboxylic acids is 1. The van der Waals surface area contributed by atoms with Crippen LogP contribution in [0.2, 0.25) is 5.28 Å². The predicted octanol–water partition coefficient (Wildman–Crippen LogP) is 3.52. The van der Waals surface area contributed by atoms with E-state index in [0.717, 1.165) is 25.5 Å². The highest BCUT2D eigenvalue weighted by Crippen LogP contribution is 2.23. The highest BCUT2D eigenvalue weighted by Gasteiger charge is 2.26. The third kappa shape index (κ3) is 5.82. The normalized spacial score (nSPS) is 21.6. The number of aromatic nitrogens is 2. The summed E-state index contributed by atoms with van der Waals surface area (Å²) in [5.74, 6) is -0.454. The molecule has 23 heavy (non-hydrogen) atoms. The summed E-state index contributed by atoms with van der Waals surface area (Å²) in [6.45, 7) is 5.46. The van der Waals surface area contributed by atoms with Gasteiger partial charge in [-0.2, -0.15) is 4.98 Å². The van der Waals surface area contributed by atoms with Crippen molar-refractivity contribution in [2.24, 2.45) is 0 Å². The summed E-state index contributed by atoms with van der Waals surface area (Å²) in [5, 5.41) is 5.90.